The molecule has 0 amide bonds. The van der Waals surface area contributed by atoms with E-state index < -0.39 is 5.82 Å². The molecule has 2 atom stereocenters. The molecule has 266 valence electrons. The smallest absolute Gasteiger partial charge is 0.319 e. The summed E-state index contributed by atoms with van der Waals surface area (Å²) in [4.78, 5) is 21.3. The second kappa shape index (κ2) is 12.9. The zero-order valence-electron chi connectivity index (χ0n) is 29.4. The molecule has 1 spiro atoms. The number of piperidine rings is 1. The molecule has 11 nitrogen and oxygen atoms in total. The molecule has 9 rings (SSSR count). The fraction of sp³-hybridized carbons (Fsp3) is 0.487. The van der Waals surface area contributed by atoms with E-state index in [0.717, 1.165) is 112 Å². The number of rotatable bonds is 9. The van der Waals surface area contributed by atoms with Gasteiger partial charge in [0.1, 0.15) is 35.1 Å². The fourth-order valence-electron chi connectivity index (χ4n) is 8.83. The van der Waals surface area contributed by atoms with Crippen LogP contribution in [0.3, 0.4) is 0 Å². The van der Waals surface area contributed by atoms with E-state index in [0.29, 0.717) is 40.9 Å². The molecule has 0 aliphatic carbocycles. The number of aromatic hydroxyl groups is 1. The molecule has 3 aromatic heterocycles. The van der Waals surface area contributed by atoms with Crippen LogP contribution in [0, 0.1) is 11.2 Å². The fourth-order valence-corrected chi connectivity index (χ4v) is 8.83. The van der Waals surface area contributed by atoms with E-state index in [9.17, 15) is 5.11 Å². The van der Waals surface area contributed by atoms with Crippen LogP contribution in [0.25, 0.3) is 32.9 Å². The van der Waals surface area contributed by atoms with Gasteiger partial charge < -0.3 is 29.5 Å². The van der Waals surface area contributed by atoms with Gasteiger partial charge in [-0.05, 0) is 73.7 Å². The summed E-state index contributed by atoms with van der Waals surface area (Å²) in [5.41, 5.74) is 2.29. The van der Waals surface area contributed by atoms with E-state index in [2.05, 4.69) is 50.1 Å². The summed E-state index contributed by atoms with van der Waals surface area (Å²) < 4.78 is 28.6. The van der Waals surface area contributed by atoms with Crippen LogP contribution in [0.2, 0.25) is 0 Å². The highest BCUT2D eigenvalue weighted by atomic mass is 19.1. The maximum Gasteiger partial charge on any atom is 0.319 e. The summed E-state index contributed by atoms with van der Waals surface area (Å²) in [5, 5.41) is 20.9. The van der Waals surface area contributed by atoms with Crippen molar-refractivity contribution >= 4 is 33.3 Å². The molecule has 2 unspecified atom stereocenters. The number of hydrogen-bond donors (Lipinski definition) is 2. The molecular weight excluding hydrogens is 647 g/mol. The van der Waals surface area contributed by atoms with Crippen molar-refractivity contribution < 1.29 is 18.8 Å². The lowest BCUT2D eigenvalue weighted by Crippen LogP contribution is -2.60. The van der Waals surface area contributed by atoms with Crippen molar-refractivity contribution in [1.82, 2.24) is 30.3 Å². The number of nitrogens with one attached hydrogen (secondary N) is 1. The number of hydrogen-bond acceptors (Lipinski definition) is 11. The molecule has 4 saturated heterocycles. The predicted molar refractivity (Wildman–Crippen MR) is 195 cm³/mol. The highest BCUT2D eigenvalue weighted by molar-refractivity contribution is 6.01. The molecule has 2 aromatic carbocycles. The summed E-state index contributed by atoms with van der Waals surface area (Å²) in [6.07, 6.45) is 7.81. The van der Waals surface area contributed by atoms with Crippen molar-refractivity contribution in [2.24, 2.45) is 5.41 Å². The number of anilines is 2. The monoisotopic (exact) mass is 692 g/mol. The Balaban J connectivity index is 0.962. The number of likely N-dealkylation sites (tertiary alicyclic amines) is 1. The number of pyridine rings is 1. The number of aromatic nitrogens is 4. The van der Waals surface area contributed by atoms with E-state index in [1.165, 1.54) is 0 Å². The number of phenols is 1. The third-order valence-electron chi connectivity index (χ3n) is 11.7. The Morgan fingerprint density at radius 1 is 1.02 bits per heavy atom. The first kappa shape index (κ1) is 32.4. The molecule has 0 saturated carbocycles. The largest absolute Gasteiger partial charge is 0.508 e. The third kappa shape index (κ3) is 5.91. The first-order valence-electron chi connectivity index (χ1n) is 18.6. The van der Waals surface area contributed by atoms with Crippen molar-refractivity contribution in [2.45, 2.75) is 64.5 Å². The molecular formula is C39H45FN8O3. The molecule has 0 radical (unpaired) electrons. The van der Waals surface area contributed by atoms with Crippen molar-refractivity contribution in [3.8, 4) is 23.0 Å². The van der Waals surface area contributed by atoms with Gasteiger partial charge in [0.25, 0.3) is 0 Å². The van der Waals surface area contributed by atoms with Crippen LogP contribution in [0.15, 0.2) is 47.1 Å². The molecule has 12 heteroatoms. The van der Waals surface area contributed by atoms with Gasteiger partial charge in [0.05, 0.1) is 5.39 Å². The quantitative estimate of drug-likeness (QED) is 0.198. The van der Waals surface area contributed by atoms with Crippen molar-refractivity contribution in [3.05, 3.63) is 59.7 Å². The standard InChI is InChI=1S/C39H45FN8O3/c1-3-24-6-5-7-25-16-28(49)17-30(33(24)25)35-34(40)36-31(19-41-35)37(47-20-26-8-9-27(21-47)42-26)44-38(43-36)50-15-14-46-12-10-39(11-13-46)22-48(23-39)32-18-29(4-2)51-45-32/h5-7,16-19,26-27,42,49H,3-4,8-15,20-23H2,1-2H3. The van der Waals surface area contributed by atoms with E-state index >= 15 is 4.39 Å². The average Bonchev–Trinajstić information content (AvgIpc) is 3.75. The lowest BCUT2D eigenvalue weighted by Gasteiger charge is -2.54. The highest BCUT2D eigenvalue weighted by Crippen LogP contribution is 2.43. The Labute approximate surface area is 296 Å². The van der Waals surface area contributed by atoms with Gasteiger partial charge in [-0.15, -0.1) is 0 Å². The van der Waals surface area contributed by atoms with E-state index in [-0.39, 0.29) is 23.0 Å². The summed E-state index contributed by atoms with van der Waals surface area (Å²) in [7, 11) is 0. The minimum absolute atomic E-state index is 0.0644. The molecule has 7 heterocycles. The number of benzene rings is 2. The van der Waals surface area contributed by atoms with Crippen molar-refractivity contribution in [1.29, 1.82) is 0 Å². The number of nitrogens with zero attached hydrogens (tertiary/aromatic N) is 7. The Morgan fingerprint density at radius 3 is 2.57 bits per heavy atom. The Hall–Kier alpha value is -4.55. The van der Waals surface area contributed by atoms with Gasteiger partial charge >= 0.3 is 6.01 Å². The molecule has 4 fully saturated rings. The SMILES string of the molecule is CCc1cc(N2CC3(CCN(CCOc4nc(N5CC6CCC(C5)N6)c5cnc(-c6cc(O)cc7cccc(CC)c67)c(F)c5n4)CC3)C2)no1. The summed E-state index contributed by atoms with van der Waals surface area (Å²) in [5.74, 6) is 2.07. The Kier molecular flexibility index (Phi) is 8.18. The number of ether oxygens (including phenoxy) is 1. The van der Waals surface area contributed by atoms with Gasteiger partial charge in [0, 0.05) is 74.5 Å². The zero-order valence-corrected chi connectivity index (χ0v) is 29.4. The maximum absolute atomic E-state index is 16.9. The van der Waals surface area contributed by atoms with Crippen LogP contribution in [-0.4, -0.2) is 94.6 Å². The maximum atomic E-state index is 16.9. The van der Waals surface area contributed by atoms with Gasteiger partial charge in [-0.2, -0.15) is 9.97 Å². The molecule has 51 heavy (non-hydrogen) atoms. The van der Waals surface area contributed by atoms with Crippen molar-refractivity contribution in [3.63, 3.8) is 0 Å². The van der Waals surface area contributed by atoms with Gasteiger partial charge in [0.15, 0.2) is 11.6 Å². The van der Waals surface area contributed by atoms with Crippen LogP contribution in [-0.2, 0) is 12.8 Å². The Morgan fingerprint density at radius 2 is 1.82 bits per heavy atom. The second-order valence-electron chi connectivity index (χ2n) is 15.0. The number of piperazine rings is 1. The Bertz CT molecular complexity index is 2080. The summed E-state index contributed by atoms with van der Waals surface area (Å²) in [6, 6.07) is 12.2. The van der Waals surface area contributed by atoms with E-state index in [4.69, 9.17) is 19.2 Å². The minimum atomic E-state index is -0.538. The molecule has 4 aliphatic heterocycles. The molecule has 4 aliphatic rings. The van der Waals surface area contributed by atoms with Crippen molar-refractivity contribution in [2.75, 3.05) is 62.2 Å². The lowest BCUT2D eigenvalue weighted by atomic mass is 9.72. The first-order chi connectivity index (χ1) is 24.9. The van der Waals surface area contributed by atoms with Gasteiger partial charge in [-0.1, -0.05) is 37.2 Å². The molecule has 2 bridgehead atoms. The van der Waals surface area contributed by atoms with Crippen LogP contribution in [0.5, 0.6) is 11.8 Å². The first-order valence-corrected chi connectivity index (χ1v) is 18.6. The third-order valence-corrected chi connectivity index (χ3v) is 11.7. The van der Waals surface area contributed by atoms with Gasteiger partial charge in [0.2, 0.25) is 0 Å². The van der Waals surface area contributed by atoms with Gasteiger partial charge in [-0.3, -0.25) is 9.88 Å². The average molecular weight is 693 g/mol. The molecule has 5 aromatic rings. The number of aryl methyl sites for hydroxylation is 2. The number of halogens is 1. The van der Waals surface area contributed by atoms with Crippen LogP contribution in [0.1, 0.15) is 50.9 Å². The van der Waals surface area contributed by atoms with E-state index in [1.54, 1.807) is 18.3 Å². The van der Waals surface area contributed by atoms with Crippen LogP contribution in [0.4, 0.5) is 16.0 Å². The van der Waals surface area contributed by atoms with Gasteiger partial charge in [-0.25, -0.2) is 4.39 Å². The summed E-state index contributed by atoms with van der Waals surface area (Å²) >= 11 is 0. The highest BCUT2D eigenvalue weighted by Gasteiger charge is 2.45. The zero-order chi connectivity index (χ0) is 34.7. The number of fused-ring (bicyclic) bond motifs is 4. The normalized spacial score (nSPS) is 21.5. The second-order valence-corrected chi connectivity index (χ2v) is 15.0. The summed E-state index contributed by atoms with van der Waals surface area (Å²) in [6.45, 7) is 10.9. The van der Waals surface area contributed by atoms with E-state index in [1.807, 2.05) is 18.2 Å². The predicted octanol–water partition coefficient (Wildman–Crippen LogP) is 5.72. The van der Waals surface area contributed by atoms with Crippen LogP contribution >= 0.6 is 0 Å². The minimum Gasteiger partial charge on any atom is -0.508 e. The lowest BCUT2D eigenvalue weighted by molar-refractivity contribution is 0.0668. The number of phenolic OH excluding ortho intramolecular Hbond substituents is 1. The molecule has 2 N–H and O–H groups in total. The van der Waals surface area contributed by atoms with Crippen LogP contribution < -0.4 is 19.9 Å². The topological polar surface area (TPSA) is 116 Å².